The standard InChI is InChI=1S/C72H80N2/c1-47(2)49-21-35-59(36-22-49)73(61-39-31-57(32-40-61)71(11,12)13)67-63-43-25-54(52-19-29-56(30-20-52)70(8,9)10)46-66(63)68(64-44-26-53(45-65(64)67)51-17-27-55(28-18-51)69(5,6)7)74(60-37-23-50(24-38-60)48(3)4)62-41-33-58(34-42-62)72(14,15)16/h17-48H,1-16H3. The van der Waals surface area contributed by atoms with Gasteiger partial charge in [-0.3, -0.25) is 0 Å². The Hall–Kier alpha value is -6.90. The molecule has 0 aliphatic heterocycles. The van der Waals surface area contributed by atoms with Crippen LogP contribution in [0.3, 0.4) is 0 Å². The minimum atomic E-state index is 0.00412. The van der Waals surface area contributed by atoms with Crippen LogP contribution in [0.25, 0.3) is 43.8 Å². The molecule has 0 saturated heterocycles. The summed E-state index contributed by atoms with van der Waals surface area (Å²) in [5.41, 5.74) is 19.5. The summed E-state index contributed by atoms with van der Waals surface area (Å²) in [5.74, 6) is 0.816. The second-order valence-corrected chi connectivity index (χ2v) is 25.6. The van der Waals surface area contributed by atoms with Gasteiger partial charge in [-0.25, -0.2) is 0 Å². The van der Waals surface area contributed by atoms with Crippen LogP contribution in [0.5, 0.6) is 0 Å². The van der Waals surface area contributed by atoms with E-state index in [4.69, 9.17) is 0 Å². The van der Waals surface area contributed by atoms with Crippen LogP contribution < -0.4 is 9.80 Å². The van der Waals surface area contributed by atoms with Crippen molar-refractivity contribution in [3.05, 3.63) is 215 Å². The first-order valence-electron chi connectivity index (χ1n) is 27.1. The van der Waals surface area contributed by atoms with Gasteiger partial charge in [0.05, 0.1) is 11.4 Å². The fourth-order valence-electron chi connectivity index (χ4n) is 10.4. The van der Waals surface area contributed by atoms with Gasteiger partial charge in [-0.2, -0.15) is 0 Å². The van der Waals surface area contributed by atoms with E-state index in [1.165, 1.54) is 77.2 Å². The molecule has 0 heterocycles. The third kappa shape index (κ3) is 10.6. The SMILES string of the molecule is CC(C)c1ccc(N(c2ccc(C(C)(C)C)cc2)c2c3ccc(-c4ccc(C(C)(C)C)cc4)cc3c(N(c3ccc(C(C)C)cc3)c3ccc(C(C)(C)C)cc3)c3ccc(-c4ccc(C(C)(C)C)cc4)cc23)cc1. The molecule has 378 valence electrons. The molecule has 0 atom stereocenters. The molecule has 9 aromatic rings. The second-order valence-electron chi connectivity index (χ2n) is 25.6. The molecule has 9 aromatic carbocycles. The van der Waals surface area contributed by atoms with Crippen molar-refractivity contribution in [1.82, 2.24) is 0 Å². The van der Waals surface area contributed by atoms with Crippen LogP contribution in [0.1, 0.15) is 156 Å². The normalized spacial score (nSPS) is 12.6. The summed E-state index contributed by atoms with van der Waals surface area (Å²) in [4.78, 5) is 5.07. The van der Waals surface area contributed by atoms with Crippen molar-refractivity contribution in [2.24, 2.45) is 0 Å². The Bertz CT molecular complexity index is 3160. The summed E-state index contributed by atoms with van der Waals surface area (Å²) in [5, 5.41) is 4.70. The molecule has 0 unspecified atom stereocenters. The largest absolute Gasteiger partial charge is 0.309 e. The molecule has 0 N–H and O–H groups in total. The van der Waals surface area contributed by atoms with E-state index in [1.54, 1.807) is 0 Å². The van der Waals surface area contributed by atoms with Crippen LogP contribution in [0.2, 0.25) is 0 Å². The Kier molecular flexibility index (Phi) is 13.9. The molecule has 0 fully saturated rings. The van der Waals surface area contributed by atoms with Gasteiger partial charge in [0.15, 0.2) is 0 Å². The molecule has 2 heteroatoms. The fourth-order valence-corrected chi connectivity index (χ4v) is 10.4. The van der Waals surface area contributed by atoms with E-state index in [-0.39, 0.29) is 21.7 Å². The Morgan fingerprint density at radius 3 is 0.730 bits per heavy atom. The van der Waals surface area contributed by atoms with E-state index < -0.39 is 0 Å². The third-order valence-electron chi connectivity index (χ3n) is 15.3. The zero-order valence-corrected chi connectivity index (χ0v) is 47.4. The van der Waals surface area contributed by atoms with Crippen LogP contribution in [-0.4, -0.2) is 0 Å². The maximum atomic E-state index is 2.54. The van der Waals surface area contributed by atoms with Gasteiger partial charge in [0.2, 0.25) is 0 Å². The van der Waals surface area contributed by atoms with Crippen LogP contribution >= 0.6 is 0 Å². The van der Waals surface area contributed by atoms with Crippen molar-refractivity contribution in [1.29, 1.82) is 0 Å². The van der Waals surface area contributed by atoms with E-state index in [9.17, 15) is 0 Å². The molecule has 0 aromatic heterocycles. The number of hydrogen-bond donors (Lipinski definition) is 0. The zero-order valence-electron chi connectivity index (χ0n) is 47.4. The lowest BCUT2D eigenvalue weighted by Crippen LogP contribution is -2.16. The number of hydrogen-bond acceptors (Lipinski definition) is 2. The van der Waals surface area contributed by atoms with Crippen molar-refractivity contribution in [2.45, 2.75) is 144 Å². The lowest BCUT2D eigenvalue weighted by atomic mass is 9.85. The maximum Gasteiger partial charge on any atom is 0.0620 e. The molecule has 0 aliphatic carbocycles. The van der Waals surface area contributed by atoms with Crippen molar-refractivity contribution < 1.29 is 0 Å². The lowest BCUT2D eigenvalue weighted by molar-refractivity contribution is 0.590. The van der Waals surface area contributed by atoms with E-state index in [0.717, 1.165) is 34.1 Å². The average Bonchev–Trinajstić information content (AvgIpc) is 3.36. The lowest BCUT2D eigenvalue weighted by Gasteiger charge is -2.34. The number of fused-ring (bicyclic) bond motifs is 2. The molecule has 0 spiro atoms. The molecule has 0 aliphatic rings. The van der Waals surface area contributed by atoms with Gasteiger partial charge < -0.3 is 9.80 Å². The smallest absolute Gasteiger partial charge is 0.0620 e. The summed E-state index contributed by atoms with van der Waals surface area (Å²) < 4.78 is 0. The number of rotatable bonds is 10. The Labute approximate surface area is 445 Å². The topological polar surface area (TPSA) is 6.48 Å². The zero-order chi connectivity index (χ0) is 53.1. The van der Waals surface area contributed by atoms with Gasteiger partial charge in [0.25, 0.3) is 0 Å². The van der Waals surface area contributed by atoms with Crippen molar-refractivity contribution in [3.8, 4) is 22.3 Å². The summed E-state index contributed by atoms with van der Waals surface area (Å²) in [6, 6.07) is 70.2. The van der Waals surface area contributed by atoms with Gasteiger partial charge in [0.1, 0.15) is 0 Å². The number of anilines is 6. The molecule has 0 bridgehead atoms. The highest BCUT2D eigenvalue weighted by Gasteiger charge is 2.28. The molecule has 74 heavy (non-hydrogen) atoms. The highest BCUT2D eigenvalue weighted by Crippen LogP contribution is 2.53. The quantitative estimate of drug-likeness (QED) is 0.0995. The summed E-state index contributed by atoms with van der Waals surface area (Å²) >= 11 is 0. The minimum Gasteiger partial charge on any atom is -0.309 e. The number of nitrogens with zero attached hydrogens (tertiary/aromatic N) is 2. The molecule has 0 amide bonds. The van der Waals surface area contributed by atoms with Gasteiger partial charge in [-0.1, -0.05) is 232 Å². The van der Waals surface area contributed by atoms with Crippen LogP contribution in [0, 0.1) is 0 Å². The van der Waals surface area contributed by atoms with Crippen molar-refractivity contribution in [3.63, 3.8) is 0 Å². The Morgan fingerprint density at radius 1 is 0.257 bits per heavy atom. The number of benzene rings is 9. The minimum absolute atomic E-state index is 0.00412. The van der Waals surface area contributed by atoms with E-state index in [1.807, 2.05) is 0 Å². The Morgan fingerprint density at radius 2 is 0.486 bits per heavy atom. The summed E-state index contributed by atoms with van der Waals surface area (Å²) in [6.45, 7) is 36.6. The van der Waals surface area contributed by atoms with E-state index >= 15 is 0 Å². The Balaban J connectivity index is 1.45. The highest BCUT2D eigenvalue weighted by atomic mass is 15.2. The summed E-state index contributed by atoms with van der Waals surface area (Å²) in [7, 11) is 0. The summed E-state index contributed by atoms with van der Waals surface area (Å²) in [6.07, 6.45) is 0. The highest BCUT2D eigenvalue weighted by molar-refractivity contribution is 6.24. The van der Waals surface area contributed by atoms with E-state index in [2.05, 4.69) is 303 Å². The molecular weight excluding hydrogens is 893 g/mol. The average molecular weight is 973 g/mol. The first kappa shape index (κ1) is 52.0. The molecule has 0 radical (unpaired) electrons. The molecular formula is C72H80N2. The molecule has 0 saturated carbocycles. The van der Waals surface area contributed by atoms with Crippen LogP contribution in [-0.2, 0) is 21.7 Å². The van der Waals surface area contributed by atoms with Gasteiger partial charge in [0, 0.05) is 44.3 Å². The van der Waals surface area contributed by atoms with Crippen LogP contribution in [0.4, 0.5) is 34.1 Å². The monoisotopic (exact) mass is 973 g/mol. The molecule has 2 nitrogen and oxygen atoms in total. The molecule has 9 rings (SSSR count). The van der Waals surface area contributed by atoms with E-state index in [0.29, 0.717) is 11.8 Å². The fraction of sp³-hybridized carbons (Fsp3) is 0.306. The maximum absolute atomic E-state index is 2.54. The van der Waals surface area contributed by atoms with Gasteiger partial charge in [-0.15, -0.1) is 0 Å². The van der Waals surface area contributed by atoms with Crippen molar-refractivity contribution >= 4 is 55.7 Å². The first-order valence-corrected chi connectivity index (χ1v) is 27.1. The van der Waals surface area contributed by atoms with Crippen LogP contribution in [0.15, 0.2) is 182 Å². The predicted molar refractivity (Wildman–Crippen MR) is 325 cm³/mol. The predicted octanol–water partition coefficient (Wildman–Crippen LogP) is 21.7. The second kappa shape index (κ2) is 19.7. The van der Waals surface area contributed by atoms with Gasteiger partial charge >= 0.3 is 0 Å². The van der Waals surface area contributed by atoms with Crippen molar-refractivity contribution in [2.75, 3.05) is 9.80 Å². The van der Waals surface area contributed by atoms with Gasteiger partial charge in [-0.05, 0) is 150 Å². The first-order chi connectivity index (χ1) is 34.9. The third-order valence-corrected chi connectivity index (χ3v) is 15.3.